The van der Waals surface area contributed by atoms with Gasteiger partial charge in [-0.2, -0.15) is 0 Å². The molecule has 0 saturated heterocycles. The van der Waals surface area contributed by atoms with Crippen molar-refractivity contribution in [2.24, 2.45) is 5.73 Å². The van der Waals surface area contributed by atoms with Gasteiger partial charge in [0, 0.05) is 9.50 Å². The van der Waals surface area contributed by atoms with E-state index in [1.165, 1.54) is 0 Å². The van der Waals surface area contributed by atoms with Gasteiger partial charge in [-0.1, -0.05) is 27.5 Å². The molecule has 0 unspecified atom stereocenters. The smallest absolute Gasteiger partial charge is 0.320 e. The maximum Gasteiger partial charge on any atom is 0.320 e. The molecule has 0 saturated carbocycles. The molecule has 1 aromatic rings. The van der Waals surface area contributed by atoms with E-state index in [4.69, 9.17) is 22.4 Å². The monoisotopic (exact) mass is 277 g/mol. The molecule has 0 fully saturated rings. The van der Waals surface area contributed by atoms with Crippen LogP contribution in [-0.4, -0.2) is 17.1 Å². The van der Waals surface area contributed by atoms with Gasteiger partial charge in [0.25, 0.3) is 0 Å². The zero-order chi connectivity index (χ0) is 10.7. The maximum absolute atomic E-state index is 10.5. The van der Waals surface area contributed by atoms with Crippen molar-refractivity contribution in [3.63, 3.8) is 0 Å². The fourth-order valence-electron chi connectivity index (χ4n) is 1.02. The van der Waals surface area contributed by atoms with Crippen LogP contribution in [0.4, 0.5) is 0 Å². The lowest BCUT2D eigenvalue weighted by atomic mass is 10.1. The number of carboxylic acid groups (broad SMARTS) is 1. The van der Waals surface area contributed by atoms with Crippen LogP contribution >= 0.6 is 27.5 Å². The van der Waals surface area contributed by atoms with Gasteiger partial charge in [0.05, 0.1) is 0 Å². The van der Waals surface area contributed by atoms with Crippen LogP contribution in [0.3, 0.4) is 0 Å². The second-order valence-electron chi connectivity index (χ2n) is 2.88. The number of hydrogen-bond acceptors (Lipinski definition) is 2. The molecular weight excluding hydrogens is 269 g/mol. The molecule has 0 spiro atoms. The second kappa shape index (κ2) is 4.77. The molecule has 0 amide bonds. The van der Waals surface area contributed by atoms with Gasteiger partial charge in [-0.25, -0.2) is 0 Å². The van der Waals surface area contributed by atoms with Crippen molar-refractivity contribution in [2.75, 3.05) is 0 Å². The average molecular weight is 279 g/mol. The highest BCUT2D eigenvalue weighted by Crippen LogP contribution is 2.21. The van der Waals surface area contributed by atoms with Crippen LogP contribution in [0.15, 0.2) is 22.7 Å². The van der Waals surface area contributed by atoms with Gasteiger partial charge in [-0.15, -0.1) is 0 Å². The number of halogens is 2. The van der Waals surface area contributed by atoms with Crippen molar-refractivity contribution in [3.05, 3.63) is 33.3 Å². The number of carbonyl (C=O) groups is 1. The fraction of sp³-hybridized carbons (Fsp3) is 0.222. The zero-order valence-corrected chi connectivity index (χ0v) is 9.55. The molecule has 5 heteroatoms. The Labute approximate surface area is 95.0 Å². The molecule has 76 valence electrons. The number of benzene rings is 1. The van der Waals surface area contributed by atoms with Crippen molar-refractivity contribution in [3.8, 4) is 0 Å². The Morgan fingerprint density at radius 2 is 2.29 bits per heavy atom. The first-order valence-electron chi connectivity index (χ1n) is 3.93. The number of aliphatic carboxylic acids is 1. The standard InChI is InChI=1S/C9H9BrClNO2/c10-6-1-2-7(11)5(3-6)4-8(12)9(13)14/h1-3,8H,4,12H2,(H,13,14)/t8-/m0/s1. The second-order valence-corrected chi connectivity index (χ2v) is 4.21. The van der Waals surface area contributed by atoms with Gasteiger partial charge in [0.1, 0.15) is 6.04 Å². The van der Waals surface area contributed by atoms with Crippen LogP contribution < -0.4 is 5.73 Å². The molecule has 0 aliphatic heterocycles. The molecule has 0 bridgehead atoms. The van der Waals surface area contributed by atoms with E-state index >= 15 is 0 Å². The minimum atomic E-state index is -1.03. The molecule has 3 nitrogen and oxygen atoms in total. The summed E-state index contributed by atoms with van der Waals surface area (Å²) in [6, 6.07) is 4.35. The van der Waals surface area contributed by atoms with E-state index in [1.807, 2.05) is 0 Å². The normalized spacial score (nSPS) is 12.5. The van der Waals surface area contributed by atoms with Crippen LogP contribution in [0.2, 0.25) is 5.02 Å². The molecule has 0 radical (unpaired) electrons. The van der Waals surface area contributed by atoms with Gasteiger partial charge < -0.3 is 10.8 Å². The Kier molecular flexibility index (Phi) is 3.92. The van der Waals surface area contributed by atoms with Crippen LogP contribution in [0.25, 0.3) is 0 Å². The molecule has 14 heavy (non-hydrogen) atoms. The first-order chi connectivity index (χ1) is 6.50. The summed E-state index contributed by atoms with van der Waals surface area (Å²) in [5, 5.41) is 9.16. The lowest BCUT2D eigenvalue weighted by Gasteiger charge is -2.08. The van der Waals surface area contributed by atoms with Gasteiger partial charge in [0.15, 0.2) is 0 Å². The summed E-state index contributed by atoms with van der Waals surface area (Å²) in [6.07, 6.45) is 0.230. The molecule has 0 aromatic heterocycles. The van der Waals surface area contributed by atoms with Crippen LogP contribution in [0.1, 0.15) is 5.56 Å². The Hall–Kier alpha value is -0.580. The van der Waals surface area contributed by atoms with Gasteiger partial charge in [-0.3, -0.25) is 4.79 Å². The van der Waals surface area contributed by atoms with E-state index in [0.717, 1.165) is 10.0 Å². The summed E-state index contributed by atoms with van der Waals surface area (Å²) < 4.78 is 0.856. The first kappa shape index (κ1) is 11.5. The van der Waals surface area contributed by atoms with Crippen LogP contribution in [0.5, 0.6) is 0 Å². The molecule has 1 aromatic carbocycles. The number of nitrogens with two attached hydrogens (primary N) is 1. The van der Waals surface area contributed by atoms with E-state index in [1.54, 1.807) is 18.2 Å². The van der Waals surface area contributed by atoms with Crippen molar-refractivity contribution in [1.29, 1.82) is 0 Å². The highest BCUT2D eigenvalue weighted by molar-refractivity contribution is 9.10. The molecule has 0 heterocycles. The molecule has 1 atom stereocenters. The molecule has 1 rings (SSSR count). The summed E-state index contributed by atoms with van der Waals surface area (Å²) >= 11 is 9.15. The summed E-state index contributed by atoms with van der Waals surface area (Å²) in [6.45, 7) is 0. The highest BCUT2D eigenvalue weighted by atomic mass is 79.9. The highest BCUT2D eigenvalue weighted by Gasteiger charge is 2.13. The van der Waals surface area contributed by atoms with E-state index in [9.17, 15) is 4.79 Å². The maximum atomic E-state index is 10.5. The minimum absolute atomic E-state index is 0.230. The van der Waals surface area contributed by atoms with Gasteiger partial charge in [-0.05, 0) is 30.2 Å². The fourth-order valence-corrected chi connectivity index (χ4v) is 1.63. The van der Waals surface area contributed by atoms with Crippen molar-refractivity contribution in [2.45, 2.75) is 12.5 Å². The predicted octanol–water partition coefficient (Wildman–Crippen LogP) is 2.06. The van der Waals surface area contributed by atoms with E-state index in [2.05, 4.69) is 15.9 Å². The summed E-state index contributed by atoms with van der Waals surface area (Å²) in [7, 11) is 0. The van der Waals surface area contributed by atoms with Crippen molar-refractivity contribution < 1.29 is 9.90 Å². The zero-order valence-electron chi connectivity index (χ0n) is 7.21. The average Bonchev–Trinajstić information content (AvgIpc) is 2.11. The summed E-state index contributed by atoms with van der Waals surface area (Å²) in [4.78, 5) is 10.5. The predicted molar refractivity (Wildman–Crippen MR) is 58.5 cm³/mol. The number of rotatable bonds is 3. The van der Waals surface area contributed by atoms with Crippen molar-refractivity contribution >= 4 is 33.5 Å². The van der Waals surface area contributed by atoms with Gasteiger partial charge >= 0.3 is 5.97 Å². The molecular formula is C9H9BrClNO2. The van der Waals surface area contributed by atoms with E-state index < -0.39 is 12.0 Å². The quantitative estimate of drug-likeness (QED) is 0.889. The Morgan fingerprint density at radius 1 is 1.64 bits per heavy atom. The van der Waals surface area contributed by atoms with Crippen LogP contribution in [0, 0.1) is 0 Å². The Morgan fingerprint density at radius 3 is 2.86 bits per heavy atom. The third-order valence-electron chi connectivity index (χ3n) is 1.76. The molecule has 0 aliphatic rings. The number of hydrogen-bond donors (Lipinski definition) is 2. The van der Waals surface area contributed by atoms with E-state index in [-0.39, 0.29) is 6.42 Å². The minimum Gasteiger partial charge on any atom is -0.480 e. The van der Waals surface area contributed by atoms with Crippen LogP contribution in [-0.2, 0) is 11.2 Å². The van der Waals surface area contributed by atoms with E-state index in [0.29, 0.717) is 5.02 Å². The molecule has 0 aliphatic carbocycles. The van der Waals surface area contributed by atoms with Gasteiger partial charge in [0.2, 0.25) is 0 Å². The third-order valence-corrected chi connectivity index (χ3v) is 2.63. The lowest BCUT2D eigenvalue weighted by Crippen LogP contribution is -2.32. The molecule has 3 N–H and O–H groups in total. The Balaban J connectivity index is 2.85. The lowest BCUT2D eigenvalue weighted by molar-refractivity contribution is -0.138. The largest absolute Gasteiger partial charge is 0.480 e. The number of carboxylic acids is 1. The first-order valence-corrected chi connectivity index (χ1v) is 5.10. The summed E-state index contributed by atoms with van der Waals surface area (Å²) in [5.41, 5.74) is 6.13. The third kappa shape index (κ3) is 2.97. The topological polar surface area (TPSA) is 63.3 Å². The summed E-state index contributed by atoms with van der Waals surface area (Å²) in [5.74, 6) is -1.03. The Bertz CT molecular complexity index is 357. The SMILES string of the molecule is N[C@@H](Cc1cc(Br)ccc1Cl)C(=O)O. The van der Waals surface area contributed by atoms with Crippen molar-refractivity contribution in [1.82, 2.24) is 0 Å².